The molecule has 0 fully saturated rings. The third kappa shape index (κ3) is 5.41. The molecule has 0 spiro atoms. The molecule has 0 bridgehead atoms. The van der Waals surface area contributed by atoms with Crippen molar-refractivity contribution in [2.75, 3.05) is 5.32 Å². The van der Waals surface area contributed by atoms with Crippen LogP contribution in [-0.4, -0.2) is 32.9 Å². The van der Waals surface area contributed by atoms with Crippen LogP contribution in [0.2, 0.25) is 0 Å². The first-order valence-electron chi connectivity index (χ1n) is 8.69. The monoisotopic (exact) mass is 380 g/mol. The van der Waals surface area contributed by atoms with Gasteiger partial charge >= 0.3 is 5.97 Å². The Hall–Kier alpha value is -3.68. The van der Waals surface area contributed by atoms with E-state index in [1.807, 2.05) is 36.5 Å². The normalized spacial score (nSPS) is 12.1. The molecule has 3 rings (SSSR count). The Kier molecular flexibility index (Phi) is 6.01. The van der Waals surface area contributed by atoms with E-state index in [1.54, 1.807) is 29.9 Å². The third-order valence-electron chi connectivity index (χ3n) is 3.79. The second-order valence-electron chi connectivity index (χ2n) is 6.18. The molecule has 0 saturated heterocycles. The topological polar surface area (TPSA) is 99.2 Å². The zero-order valence-corrected chi connectivity index (χ0v) is 15.5. The van der Waals surface area contributed by atoms with Crippen molar-refractivity contribution in [3.63, 3.8) is 0 Å². The van der Waals surface area contributed by atoms with Gasteiger partial charge in [-0.05, 0) is 25.5 Å². The highest BCUT2D eigenvalue weighted by molar-refractivity contribution is 5.96. The SMILES string of the molecule is Cc1cc(NC(=O)[C@@H](C)OC(=O)/C=C/c2cnn(Cc3ccccc3)c2)no1. The number of ether oxygens (including phenoxy) is 1. The van der Waals surface area contributed by atoms with Crippen molar-refractivity contribution in [3.8, 4) is 0 Å². The average molecular weight is 380 g/mol. The Morgan fingerprint density at radius 2 is 2.11 bits per heavy atom. The lowest BCUT2D eigenvalue weighted by Gasteiger charge is -2.10. The van der Waals surface area contributed by atoms with Gasteiger partial charge in [0, 0.05) is 23.9 Å². The summed E-state index contributed by atoms with van der Waals surface area (Å²) in [5.41, 5.74) is 1.88. The summed E-state index contributed by atoms with van der Waals surface area (Å²) in [6, 6.07) is 11.5. The van der Waals surface area contributed by atoms with Crippen molar-refractivity contribution in [3.05, 3.63) is 71.8 Å². The third-order valence-corrected chi connectivity index (χ3v) is 3.79. The molecule has 0 unspecified atom stereocenters. The van der Waals surface area contributed by atoms with Crippen LogP contribution in [0.25, 0.3) is 6.08 Å². The van der Waals surface area contributed by atoms with Crippen molar-refractivity contribution in [1.82, 2.24) is 14.9 Å². The summed E-state index contributed by atoms with van der Waals surface area (Å²) in [4.78, 5) is 23.9. The van der Waals surface area contributed by atoms with Crippen LogP contribution in [0, 0.1) is 6.92 Å². The molecule has 28 heavy (non-hydrogen) atoms. The molecule has 0 saturated carbocycles. The van der Waals surface area contributed by atoms with Crippen LogP contribution in [0.5, 0.6) is 0 Å². The number of hydrogen-bond acceptors (Lipinski definition) is 6. The Balaban J connectivity index is 1.50. The number of carbonyl (C=O) groups excluding carboxylic acids is 2. The Morgan fingerprint density at radius 1 is 1.32 bits per heavy atom. The van der Waals surface area contributed by atoms with Gasteiger partial charge < -0.3 is 14.6 Å². The van der Waals surface area contributed by atoms with Gasteiger partial charge in [0.25, 0.3) is 5.91 Å². The van der Waals surface area contributed by atoms with E-state index in [-0.39, 0.29) is 5.82 Å². The summed E-state index contributed by atoms with van der Waals surface area (Å²) in [5, 5.41) is 10.4. The number of anilines is 1. The molecule has 1 aromatic carbocycles. The minimum Gasteiger partial charge on any atom is -0.449 e. The number of esters is 1. The first-order valence-corrected chi connectivity index (χ1v) is 8.69. The van der Waals surface area contributed by atoms with Gasteiger partial charge in [-0.15, -0.1) is 0 Å². The highest BCUT2D eigenvalue weighted by Gasteiger charge is 2.18. The number of aryl methyl sites for hydroxylation is 1. The number of rotatable bonds is 7. The van der Waals surface area contributed by atoms with Gasteiger partial charge in [0.1, 0.15) is 5.76 Å². The maximum atomic E-state index is 12.0. The van der Waals surface area contributed by atoms with E-state index in [2.05, 4.69) is 15.6 Å². The fraction of sp³-hybridized carbons (Fsp3) is 0.200. The molecule has 0 aliphatic carbocycles. The van der Waals surface area contributed by atoms with E-state index >= 15 is 0 Å². The molecular formula is C20H20N4O4. The summed E-state index contributed by atoms with van der Waals surface area (Å²) >= 11 is 0. The molecule has 3 aromatic rings. The van der Waals surface area contributed by atoms with Crippen LogP contribution in [0.4, 0.5) is 5.82 Å². The summed E-state index contributed by atoms with van der Waals surface area (Å²) < 4.78 is 11.7. The fourth-order valence-electron chi connectivity index (χ4n) is 2.41. The quantitative estimate of drug-likeness (QED) is 0.500. The molecule has 144 valence electrons. The van der Waals surface area contributed by atoms with Crippen molar-refractivity contribution in [2.45, 2.75) is 26.5 Å². The summed E-state index contributed by atoms with van der Waals surface area (Å²) in [7, 11) is 0. The zero-order valence-electron chi connectivity index (χ0n) is 15.5. The smallest absolute Gasteiger partial charge is 0.331 e. The van der Waals surface area contributed by atoms with Crippen molar-refractivity contribution in [1.29, 1.82) is 0 Å². The van der Waals surface area contributed by atoms with Gasteiger partial charge in [-0.2, -0.15) is 5.10 Å². The van der Waals surface area contributed by atoms with Crippen LogP contribution >= 0.6 is 0 Å². The molecular weight excluding hydrogens is 360 g/mol. The first kappa shape index (κ1) is 19.1. The van der Waals surface area contributed by atoms with Crippen molar-refractivity contribution >= 4 is 23.8 Å². The van der Waals surface area contributed by atoms with E-state index in [4.69, 9.17) is 9.26 Å². The molecule has 1 amide bonds. The maximum Gasteiger partial charge on any atom is 0.331 e. The summed E-state index contributed by atoms with van der Waals surface area (Å²) in [5.74, 6) is -0.289. The molecule has 2 aromatic heterocycles. The number of amides is 1. The fourth-order valence-corrected chi connectivity index (χ4v) is 2.41. The van der Waals surface area contributed by atoms with Gasteiger partial charge in [0.05, 0.1) is 12.7 Å². The van der Waals surface area contributed by atoms with Crippen LogP contribution in [-0.2, 0) is 20.9 Å². The minimum absolute atomic E-state index is 0.270. The highest BCUT2D eigenvalue weighted by atomic mass is 16.5. The lowest BCUT2D eigenvalue weighted by atomic mass is 10.2. The Bertz CT molecular complexity index is 975. The second kappa shape index (κ2) is 8.81. The lowest BCUT2D eigenvalue weighted by Crippen LogP contribution is -2.29. The minimum atomic E-state index is -0.977. The summed E-state index contributed by atoms with van der Waals surface area (Å²) in [6.45, 7) is 3.82. The second-order valence-corrected chi connectivity index (χ2v) is 6.18. The molecule has 2 heterocycles. The molecule has 1 atom stereocenters. The first-order chi connectivity index (χ1) is 13.5. The van der Waals surface area contributed by atoms with Gasteiger partial charge in [-0.25, -0.2) is 4.79 Å². The van der Waals surface area contributed by atoms with Crippen molar-refractivity contribution in [2.24, 2.45) is 0 Å². The standard InChI is InChI=1S/C20H20N4O4/c1-14-10-18(23-28-14)22-20(26)15(2)27-19(25)9-8-17-11-21-24(13-17)12-16-6-4-3-5-7-16/h3-11,13,15H,12H2,1-2H3,(H,22,23,26)/b9-8+/t15-/m1/s1. The molecule has 0 aliphatic heterocycles. The maximum absolute atomic E-state index is 12.0. The number of aromatic nitrogens is 3. The highest BCUT2D eigenvalue weighted by Crippen LogP contribution is 2.09. The number of hydrogen-bond donors (Lipinski definition) is 1. The molecule has 0 aliphatic rings. The number of nitrogens with zero attached hydrogens (tertiary/aromatic N) is 3. The number of nitrogens with one attached hydrogen (secondary N) is 1. The van der Waals surface area contributed by atoms with Crippen LogP contribution in [0.1, 0.15) is 23.8 Å². The van der Waals surface area contributed by atoms with Gasteiger partial charge in [-0.1, -0.05) is 35.5 Å². The van der Waals surface area contributed by atoms with E-state index in [9.17, 15) is 9.59 Å². The van der Waals surface area contributed by atoms with Crippen LogP contribution in [0.3, 0.4) is 0 Å². The predicted octanol–water partition coefficient (Wildman–Crippen LogP) is 2.81. The van der Waals surface area contributed by atoms with E-state index in [0.29, 0.717) is 12.3 Å². The van der Waals surface area contributed by atoms with Gasteiger partial charge in [0.15, 0.2) is 11.9 Å². The Morgan fingerprint density at radius 3 is 2.82 bits per heavy atom. The molecule has 8 nitrogen and oxygen atoms in total. The number of carbonyl (C=O) groups is 2. The molecule has 8 heteroatoms. The lowest BCUT2D eigenvalue weighted by molar-refractivity contribution is -0.148. The van der Waals surface area contributed by atoms with Gasteiger partial charge in [0.2, 0.25) is 0 Å². The molecule has 0 radical (unpaired) electrons. The number of benzene rings is 1. The van der Waals surface area contributed by atoms with Crippen molar-refractivity contribution < 1.29 is 18.8 Å². The predicted molar refractivity (Wildman–Crippen MR) is 102 cm³/mol. The van der Waals surface area contributed by atoms with Crippen LogP contribution < -0.4 is 5.32 Å². The largest absolute Gasteiger partial charge is 0.449 e. The molecule has 1 N–H and O–H groups in total. The summed E-state index contributed by atoms with van der Waals surface area (Å²) in [6.07, 6.45) is 5.33. The van der Waals surface area contributed by atoms with E-state index in [1.165, 1.54) is 13.0 Å². The van der Waals surface area contributed by atoms with E-state index in [0.717, 1.165) is 11.1 Å². The van der Waals surface area contributed by atoms with Crippen LogP contribution in [0.15, 0.2) is 59.4 Å². The Labute approximate surface area is 161 Å². The zero-order chi connectivity index (χ0) is 19.9. The van der Waals surface area contributed by atoms with Gasteiger partial charge in [-0.3, -0.25) is 9.48 Å². The average Bonchev–Trinajstić information content (AvgIpc) is 3.29. The van der Waals surface area contributed by atoms with E-state index < -0.39 is 18.0 Å².